The second kappa shape index (κ2) is 5.88. The van der Waals surface area contributed by atoms with Crippen molar-refractivity contribution in [1.82, 2.24) is 4.98 Å². The Hall–Kier alpha value is -2.48. The van der Waals surface area contributed by atoms with Gasteiger partial charge in [0, 0.05) is 17.8 Å². The molecule has 21 heavy (non-hydrogen) atoms. The molecular weight excluding hydrogens is 294 g/mol. The highest BCUT2D eigenvalue weighted by Crippen LogP contribution is 2.21. The number of para-hydroxylation sites is 1. The highest BCUT2D eigenvalue weighted by atomic mass is 32.2. The number of hydrogen-bond donors (Lipinski definition) is 1. The molecule has 0 saturated heterocycles. The van der Waals surface area contributed by atoms with E-state index in [0.717, 1.165) is 0 Å². The van der Waals surface area contributed by atoms with Crippen LogP contribution in [0.25, 0.3) is 0 Å². The zero-order valence-corrected chi connectivity index (χ0v) is 11.8. The molecular formula is C13H13N3O4S. The molecule has 1 aromatic carbocycles. The lowest BCUT2D eigenvalue weighted by atomic mass is 10.1. The Morgan fingerprint density at radius 1 is 1.19 bits per heavy atom. The van der Waals surface area contributed by atoms with Gasteiger partial charge < -0.3 is 5.73 Å². The van der Waals surface area contributed by atoms with Crippen LogP contribution in [0.15, 0.2) is 47.6 Å². The quantitative estimate of drug-likeness (QED) is 0.662. The van der Waals surface area contributed by atoms with Gasteiger partial charge in [0.25, 0.3) is 5.69 Å². The third-order valence-electron chi connectivity index (χ3n) is 2.92. The Morgan fingerprint density at radius 2 is 1.90 bits per heavy atom. The van der Waals surface area contributed by atoms with Gasteiger partial charge in [0.05, 0.1) is 16.4 Å². The number of aromatic nitrogens is 1. The lowest BCUT2D eigenvalue weighted by molar-refractivity contribution is -0.385. The van der Waals surface area contributed by atoms with Gasteiger partial charge in [-0.1, -0.05) is 18.2 Å². The SMILES string of the molecule is Nc1cccnc1S(=O)(=O)CCc1ccccc1[N+](=O)[O-]. The first kappa shape index (κ1) is 14.9. The van der Waals surface area contributed by atoms with E-state index in [4.69, 9.17) is 5.73 Å². The summed E-state index contributed by atoms with van der Waals surface area (Å²) in [4.78, 5) is 14.1. The van der Waals surface area contributed by atoms with Gasteiger partial charge in [-0.3, -0.25) is 10.1 Å². The van der Waals surface area contributed by atoms with Crippen molar-refractivity contribution in [3.05, 3.63) is 58.3 Å². The third kappa shape index (κ3) is 3.34. The molecule has 2 rings (SSSR count). The Balaban J connectivity index is 2.24. The minimum Gasteiger partial charge on any atom is -0.396 e. The molecule has 0 aliphatic carbocycles. The monoisotopic (exact) mass is 307 g/mol. The number of nitrogen functional groups attached to an aromatic ring is 1. The summed E-state index contributed by atoms with van der Waals surface area (Å²) in [5, 5.41) is 10.7. The fourth-order valence-electron chi connectivity index (χ4n) is 1.90. The van der Waals surface area contributed by atoms with Crippen molar-refractivity contribution in [3.63, 3.8) is 0 Å². The minimum absolute atomic E-state index is 0.0233. The van der Waals surface area contributed by atoms with E-state index in [2.05, 4.69) is 4.98 Å². The average molecular weight is 307 g/mol. The first-order valence-corrected chi connectivity index (χ1v) is 7.72. The van der Waals surface area contributed by atoms with Crippen molar-refractivity contribution in [3.8, 4) is 0 Å². The fourth-order valence-corrected chi connectivity index (χ4v) is 3.24. The lowest BCUT2D eigenvalue weighted by Crippen LogP contribution is -2.13. The maximum Gasteiger partial charge on any atom is 0.272 e. The van der Waals surface area contributed by atoms with Gasteiger partial charge in [-0.15, -0.1) is 0 Å². The van der Waals surface area contributed by atoms with Crippen LogP contribution < -0.4 is 5.73 Å². The number of pyridine rings is 1. The molecule has 0 radical (unpaired) electrons. The van der Waals surface area contributed by atoms with E-state index in [1.807, 2.05) is 0 Å². The molecule has 0 atom stereocenters. The fraction of sp³-hybridized carbons (Fsp3) is 0.154. The van der Waals surface area contributed by atoms with E-state index in [9.17, 15) is 18.5 Å². The van der Waals surface area contributed by atoms with Crippen LogP contribution in [0, 0.1) is 10.1 Å². The molecule has 7 nitrogen and oxygen atoms in total. The molecule has 8 heteroatoms. The van der Waals surface area contributed by atoms with Crippen LogP contribution >= 0.6 is 0 Å². The van der Waals surface area contributed by atoms with Crippen molar-refractivity contribution in [1.29, 1.82) is 0 Å². The largest absolute Gasteiger partial charge is 0.396 e. The number of nitro groups is 1. The maximum atomic E-state index is 12.2. The van der Waals surface area contributed by atoms with Crippen LogP contribution in [0.4, 0.5) is 11.4 Å². The van der Waals surface area contributed by atoms with Crippen LogP contribution in [-0.4, -0.2) is 24.1 Å². The summed E-state index contributed by atoms with van der Waals surface area (Å²) in [5.74, 6) is -0.293. The Labute approximate surface area is 121 Å². The van der Waals surface area contributed by atoms with E-state index in [0.29, 0.717) is 5.56 Å². The van der Waals surface area contributed by atoms with Gasteiger partial charge in [0.1, 0.15) is 0 Å². The molecule has 0 amide bonds. The van der Waals surface area contributed by atoms with E-state index in [-0.39, 0.29) is 28.6 Å². The molecule has 1 heterocycles. The van der Waals surface area contributed by atoms with Gasteiger partial charge in [-0.25, -0.2) is 13.4 Å². The number of nitrogens with two attached hydrogens (primary N) is 1. The van der Waals surface area contributed by atoms with E-state index in [1.165, 1.54) is 36.5 Å². The topological polar surface area (TPSA) is 116 Å². The van der Waals surface area contributed by atoms with Crippen molar-refractivity contribution in [2.24, 2.45) is 0 Å². The van der Waals surface area contributed by atoms with E-state index >= 15 is 0 Å². The van der Waals surface area contributed by atoms with E-state index < -0.39 is 14.8 Å². The molecule has 0 aliphatic heterocycles. The molecule has 2 N–H and O–H groups in total. The maximum absolute atomic E-state index is 12.2. The smallest absolute Gasteiger partial charge is 0.272 e. The van der Waals surface area contributed by atoms with Crippen LogP contribution in [0.3, 0.4) is 0 Å². The number of aryl methyl sites for hydroxylation is 1. The molecule has 0 aliphatic rings. The van der Waals surface area contributed by atoms with Crippen molar-refractivity contribution in [2.45, 2.75) is 11.4 Å². The number of benzene rings is 1. The molecule has 0 saturated carbocycles. The molecule has 0 unspecified atom stereocenters. The summed E-state index contributed by atoms with van der Waals surface area (Å²) >= 11 is 0. The Bertz CT molecular complexity index is 774. The van der Waals surface area contributed by atoms with Crippen LogP contribution in [0.2, 0.25) is 0 Å². The van der Waals surface area contributed by atoms with Crippen molar-refractivity contribution < 1.29 is 13.3 Å². The molecule has 0 bridgehead atoms. The number of sulfone groups is 1. The van der Waals surface area contributed by atoms with Crippen LogP contribution in [-0.2, 0) is 16.3 Å². The number of nitro benzene ring substituents is 1. The third-order valence-corrected chi connectivity index (χ3v) is 4.60. The van der Waals surface area contributed by atoms with E-state index in [1.54, 1.807) is 6.07 Å². The molecule has 2 aromatic rings. The predicted octanol–water partition coefficient (Wildman–Crippen LogP) is 1.59. The normalized spacial score (nSPS) is 11.2. The van der Waals surface area contributed by atoms with Gasteiger partial charge in [-0.05, 0) is 18.6 Å². The Kier molecular flexibility index (Phi) is 4.18. The lowest BCUT2D eigenvalue weighted by Gasteiger charge is -2.06. The zero-order valence-electron chi connectivity index (χ0n) is 11.0. The van der Waals surface area contributed by atoms with Gasteiger partial charge >= 0.3 is 0 Å². The molecule has 0 spiro atoms. The number of anilines is 1. The summed E-state index contributed by atoms with van der Waals surface area (Å²) in [6.45, 7) is 0. The summed E-state index contributed by atoms with van der Waals surface area (Å²) in [7, 11) is -3.69. The van der Waals surface area contributed by atoms with Crippen LogP contribution in [0.1, 0.15) is 5.56 Å². The molecule has 110 valence electrons. The van der Waals surface area contributed by atoms with Gasteiger partial charge in [0.15, 0.2) is 14.9 Å². The summed E-state index contributed by atoms with van der Waals surface area (Å²) in [6.07, 6.45) is 1.36. The molecule has 1 aromatic heterocycles. The Morgan fingerprint density at radius 3 is 2.57 bits per heavy atom. The second-order valence-electron chi connectivity index (χ2n) is 4.35. The zero-order chi connectivity index (χ0) is 15.5. The summed E-state index contributed by atoms with van der Waals surface area (Å²) in [6, 6.07) is 9.03. The highest BCUT2D eigenvalue weighted by molar-refractivity contribution is 7.91. The predicted molar refractivity (Wildman–Crippen MR) is 77.5 cm³/mol. The highest BCUT2D eigenvalue weighted by Gasteiger charge is 2.21. The van der Waals surface area contributed by atoms with Crippen molar-refractivity contribution >= 4 is 21.2 Å². The van der Waals surface area contributed by atoms with Gasteiger partial charge in [-0.2, -0.15) is 0 Å². The number of hydrogen-bond acceptors (Lipinski definition) is 6. The average Bonchev–Trinajstić information content (AvgIpc) is 2.45. The first-order chi connectivity index (χ1) is 9.92. The second-order valence-corrected chi connectivity index (χ2v) is 6.38. The molecule has 0 fully saturated rings. The standard InChI is InChI=1S/C13H13N3O4S/c14-11-5-3-8-15-13(11)21(19,20)9-7-10-4-1-2-6-12(10)16(17)18/h1-6,8H,7,9,14H2. The van der Waals surface area contributed by atoms with Crippen molar-refractivity contribution in [2.75, 3.05) is 11.5 Å². The first-order valence-electron chi connectivity index (χ1n) is 6.07. The number of rotatable bonds is 5. The summed E-state index contributed by atoms with van der Waals surface area (Å²) < 4.78 is 24.4. The van der Waals surface area contributed by atoms with Gasteiger partial charge in [0.2, 0.25) is 0 Å². The summed E-state index contributed by atoms with van der Waals surface area (Å²) in [5.41, 5.74) is 5.94. The van der Waals surface area contributed by atoms with Crippen LogP contribution in [0.5, 0.6) is 0 Å². The minimum atomic E-state index is -3.69. The number of nitrogens with zero attached hydrogens (tertiary/aromatic N) is 2.